The van der Waals surface area contributed by atoms with Crippen molar-refractivity contribution in [1.82, 2.24) is 5.32 Å². The van der Waals surface area contributed by atoms with Crippen molar-refractivity contribution >= 4 is 46.1 Å². The van der Waals surface area contributed by atoms with Crippen molar-refractivity contribution in [2.75, 3.05) is 0 Å². The zero-order valence-electron chi connectivity index (χ0n) is 11.6. The largest absolute Gasteiger partial charge is 0.465 e. The normalized spacial score (nSPS) is 11.8. The van der Waals surface area contributed by atoms with Gasteiger partial charge in [0.2, 0.25) is 0 Å². The van der Waals surface area contributed by atoms with Crippen LogP contribution in [0.2, 0.25) is 5.02 Å². The number of Topliss-reactive ketones (excluding diaryl/α,β-unsaturated/α-hetero) is 1. The Labute approximate surface area is 146 Å². The predicted molar refractivity (Wildman–Crippen MR) is 93.6 cm³/mol. The maximum absolute atomic E-state index is 12.6. The zero-order chi connectivity index (χ0) is 16.3. The molecular weight excluding hydrogens is 417 g/mol. The molecule has 1 atom stereocenters. The lowest BCUT2D eigenvalue weighted by molar-refractivity contribution is 0.0936. The van der Waals surface area contributed by atoms with Crippen molar-refractivity contribution < 1.29 is 14.7 Å². The summed E-state index contributed by atoms with van der Waals surface area (Å²) in [6.45, 7) is 1.80. The van der Waals surface area contributed by atoms with Crippen LogP contribution in [0.25, 0.3) is 0 Å². The lowest BCUT2D eigenvalue weighted by Crippen LogP contribution is -2.32. The molecular formula is C16H13ClINO3. The van der Waals surface area contributed by atoms with E-state index in [0.717, 1.165) is 9.13 Å². The summed E-state index contributed by atoms with van der Waals surface area (Å²) in [6, 6.07) is 11.0. The third-order valence-electron chi connectivity index (χ3n) is 3.17. The SMILES string of the molecule is Cc1cc(C(NC(=O)O)C(=O)c2ccc(I)cc2)ccc1Cl. The highest BCUT2D eigenvalue weighted by molar-refractivity contribution is 14.1. The molecule has 0 aliphatic rings. The van der Waals surface area contributed by atoms with Gasteiger partial charge >= 0.3 is 6.09 Å². The Bertz CT molecular complexity index is 716. The van der Waals surface area contributed by atoms with E-state index in [2.05, 4.69) is 27.9 Å². The highest BCUT2D eigenvalue weighted by atomic mass is 127. The van der Waals surface area contributed by atoms with Crippen LogP contribution in [0.1, 0.15) is 27.5 Å². The van der Waals surface area contributed by atoms with E-state index >= 15 is 0 Å². The van der Waals surface area contributed by atoms with E-state index in [1.165, 1.54) is 0 Å². The van der Waals surface area contributed by atoms with Gasteiger partial charge in [-0.2, -0.15) is 0 Å². The number of carbonyl (C=O) groups is 2. The number of hydrogen-bond donors (Lipinski definition) is 2. The second-order valence-electron chi connectivity index (χ2n) is 4.76. The summed E-state index contributed by atoms with van der Waals surface area (Å²) < 4.78 is 0.999. The summed E-state index contributed by atoms with van der Waals surface area (Å²) in [4.78, 5) is 23.7. The molecule has 0 heterocycles. The third-order valence-corrected chi connectivity index (χ3v) is 4.32. The van der Waals surface area contributed by atoms with Gasteiger partial charge in [-0.15, -0.1) is 0 Å². The lowest BCUT2D eigenvalue weighted by Gasteiger charge is -2.17. The number of benzene rings is 2. The molecule has 4 nitrogen and oxygen atoms in total. The lowest BCUT2D eigenvalue weighted by atomic mass is 9.96. The van der Waals surface area contributed by atoms with Crippen LogP contribution >= 0.6 is 34.2 Å². The van der Waals surface area contributed by atoms with Gasteiger partial charge in [-0.3, -0.25) is 4.79 Å². The molecule has 22 heavy (non-hydrogen) atoms. The zero-order valence-corrected chi connectivity index (χ0v) is 14.6. The number of hydrogen-bond acceptors (Lipinski definition) is 2. The minimum Gasteiger partial charge on any atom is -0.465 e. The van der Waals surface area contributed by atoms with Crippen molar-refractivity contribution in [2.45, 2.75) is 13.0 Å². The van der Waals surface area contributed by atoms with Crippen LogP contribution in [-0.2, 0) is 0 Å². The van der Waals surface area contributed by atoms with E-state index in [0.29, 0.717) is 16.1 Å². The van der Waals surface area contributed by atoms with Crippen molar-refractivity contribution in [3.8, 4) is 0 Å². The molecule has 0 radical (unpaired) electrons. The molecule has 114 valence electrons. The van der Waals surface area contributed by atoms with Gasteiger partial charge in [0.25, 0.3) is 0 Å². The monoisotopic (exact) mass is 429 g/mol. The van der Waals surface area contributed by atoms with Crippen LogP contribution in [0.15, 0.2) is 42.5 Å². The summed E-state index contributed by atoms with van der Waals surface area (Å²) in [5, 5.41) is 11.9. The molecule has 1 amide bonds. The minimum atomic E-state index is -1.25. The first kappa shape index (κ1) is 16.8. The molecule has 2 aromatic carbocycles. The minimum absolute atomic E-state index is 0.305. The average Bonchev–Trinajstić information content (AvgIpc) is 2.48. The smallest absolute Gasteiger partial charge is 0.405 e. The van der Waals surface area contributed by atoms with E-state index in [1.54, 1.807) is 49.4 Å². The Kier molecular flexibility index (Phi) is 5.42. The molecule has 0 fully saturated rings. The fourth-order valence-corrected chi connectivity index (χ4v) is 2.53. The number of aryl methyl sites for hydroxylation is 1. The molecule has 0 aromatic heterocycles. The Morgan fingerprint density at radius 1 is 1.18 bits per heavy atom. The van der Waals surface area contributed by atoms with Gasteiger partial charge in [-0.1, -0.05) is 35.9 Å². The van der Waals surface area contributed by atoms with Crippen molar-refractivity contribution in [3.05, 3.63) is 67.7 Å². The van der Waals surface area contributed by atoms with Crippen LogP contribution in [0, 0.1) is 10.5 Å². The Morgan fingerprint density at radius 3 is 2.36 bits per heavy atom. The summed E-state index contributed by atoms with van der Waals surface area (Å²) in [6.07, 6.45) is -1.25. The average molecular weight is 430 g/mol. The number of rotatable bonds is 4. The molecule has 0 saturated heterocycles. The number of carboxylic acid groups (broad SMARTS) is 1. The Hall–Kier alpha value is -1.60. The molecule has 2 rings (SSSR count). The highest BCUT2D eigenvalue weighted by Crippen LogP contribution is 2.24. The van der Waals surface area contributed by atoms with E-state index in [9.17, 15) is 9.59 Å². The van der Waals surface area contributed by atoms with Crippen LogP contribution in [-0.4, -0.2) is 17.0 Å². The van der Waals surface area contributed by atoms with Crippen molar-refractivity contribution in [3.63, 3.8) is 0 Å². The van der Waals surface area contributed by atoms with E-state index in [1.807, 2.05) is 0 Å². The summed E-state index contributed by atoms with van der Waals surface area (Å²) >= 11 is 8.12. The molecule has 0 bridgehead atoms. The first-order valence-electron chi connectivity index (χ1n) is 6.44. The van der Waals surface area contributed by atoms with E-state index in [-0.39, 0.29) is 5.78 Å². The molecule has 1 unspecified atom stereocenters. The van der Waals surface area contributed by atoms with E-state index in [4.69, 9.17) is 16.7 Å². The quantitative estimate of drug-likeness (QED) is 0.558. The number of amides is 1. The topological polar surface area (TPSA) is 66.4 Å². The van der Waals surface area contributed by atoms with Gasteiger partial charge in [-0.25, -0.2) is 4.79 Å². The molecule has 0 saturated carbocycles. The first-order valence-corrected chi connectivity index (χ1v) is 7.89. The molecule has 0 spiro atoms. The maximum atomic E-state index is 12.6. The first-order chi connectivity index (χ1) is 10.4. The Balaban J connectivity index is 2.40. The fourth-order valence-electron chi connectivity index (χ4n) is 2.05. The Morgan fingerprint density at radius 2 is 1.82 bits per heavy atom. The van der Waals surface area contributed by atoms with Crippen molar-refractivity contribution in [1.29, 1.82) is 0 Å². The standard InChI is InChI=1S/C16H13ClINO3/c1-9-8-11(4-7-13(9)17)14(19-16(21)22)15(20)10-2-5-12(18)6-3-10/h2-8,14,19H,1H3,(H,21,22). The number of ketones is 1. The second-order valence-corrected chi connectivity index (χ2v) is 6.42. The highest BCUT2D eigenvalue weighted by Gasteiger charge is 2.24. The molecule has 0 aliphatic heterocycles. The van der Waals surface area contributed by atoms with Crippen LogP contribution in [0.5, 0.6) is 0 Å². The fraction of sp³-hybridized carbons (Fsp3) is 0.125. The summed E-state index contributed by atoms with van der Waals surface area (Å²) in [7, 11) is 0. The van der Waals surface area contributed by atoms with Gasteiger partial charge < -0.3 is 10.4 Å². The predicted octanol–water partition coefficient (Wildman–Crippen LogP) is 4.44. The van der Waals surface area contributed by atoms with E-state index < -0.39 is 12.1 Å². The summed E-state index contributed by atoms with van der Waals surface area (Å²) in [5.74, 6) is -0.305. The molecule has 2 aromatic rings. The molecule has 6 heteroatoms. The molecule has 0 aliphatic carbocycles. The second kappa shape index (κ2) is 7.11. The van der Waals surface area contributed by atoms with Gasteiger partial charge in [-0.05, 0) is 58.8 Å². The molecule has 2 N–H and O–H groups in total. The van der Waals surface area contributed by atoms with Gasteiger partial charge in [0, 0.05) is 14.2 Å². The van der Waals surface area contributed by atoms with Gasteiger partial charge in [0.05, 0.1) is 0 Å². The van der Waals surface area contributed by atoms with Crippen LogP contribution in [0.4, 0.5) is 4.79 Å². The maximum Gasteiger partial charge on any atom is 0.405 e. The van der Waals surface area contributed by atoms with Gasteiger partial charge in [0.15, 0.2) is 5.78 Å². The third kappa shape index (κ3) is 3.98. The van der Waals surface area contributed by atoms with Crippen LogP contribution < -0.4 is 5.32 Å². The number of halogens is 2. The van der Waals surface area contributed by atoms with Crippen LogP contribution in [0.3, 0.4) is 0 Å². The van der Waals surface area contributed by atoms with Gasteiger partial charge in [0.1, 0.15) is 6.04 Å². The summed E-state index contributed by atoms with van der Waals surface area (Å²) in [5.41, 5.74) is 1.80. The van der Waals surface area contributed by atoms with Crippen molar-refractivity contribution in [2.24, 2.45) is 0 Å². The number of carbonyl (C=O) groups excluding carboxylic acids is 1. The number of nitrogens with one attached hydrogen (secondary N) is 1.